The van der Waals surface area contributed by atoms with E-state index in [1.165, 1.54) is 92.7 Å². The summed E-state index contributed by atoms with van der Waals surface area (Å²) in [5, 5.41) is 12.8. The van der Waals surface area contributed by atoms with Gasteiger partial charge in [0.15, 0.2) is 0 Å². The van der Waals surface area contributed by atoms with Gasteiger partial charge in [0.2, 0.25) is 0 Å². The van der Waals surface area contributed by atoms with E-state index < -0.39 is 0 Å². The highest BCUT2D eigenvalue weighted by Gasteiger charge is 2.18. The topological polar surface area (TPSA) is 9.86 Å². The van der Waals surface area contributed by atoms with Crippen LogP contribution in [-0.2, 0) is 0 Å². The molecule has 0 atom stereocenters. The number of fused-ring (bicyclic) bond motifs is 11. The van der Waals surface area contributed by atoms with E-state index in [2.05, 4.69) is 191 Å². The zero-order chi connectivity index (χ0) is 32.8. The first-order valence-electron chi connectivity index (χ1n) is 17.3. The summed E-state index contributed by atoms with van der Waals surface area (Å²) in [5.74, 6) is 0. The summed E-state index contributed by atoms with van der Waals surface area (Å²) >= 11 is 0. The lowest BCUT2D eigenvalue weighted by Crippen LogP contribution is -1.94. The van der Waals surface area contributed by atoms with Crippen molar-refractivity contribution in [1.82, 2.24) is 9.13 Å². The summed E-state index contributed by atoms with van der Waals surface area (Å²) in [7, 11) is 0. The van der Waals surface area contributed by atoms with E-state index >= 15 is 0 Å². The number of rotatable bonds is 3. The van der Waals surface area contributed by atoms with Gasteiger partial charge in [-0.2, -0.15) is 0 Å². The Kier molecular flexibility index (Phi) is 5.70. The first-order chi connectivity index (χ1) is 24.8. The maximum Gasteiger partial charge on any atom is 0.0547 e. The highest BCUT2D eigenvalue weighted by molar-refractivity contribution is 6.28. The highest BCUT2D eigenvalue weighted by atomic mass is 15.0. The van der Waals surface area contributed by atoms with E-state index in [1.807, 2.05) is 0 Å². The second kappa shape index (κ2) is 10.4. The molecular formula is C48H30N2. The van der Waals surface area contributed by atoms with Gasteiger partial charge in [0, 0.05) is 32.9 Å². The van der Waals surface area contributed by atoms with E-state index in [9.17, 15) is 0 Å². The first-order valence-corrected chi connectivity index (χ1v) is 17.3. The van der Waals surface area contributed by atoms with Gasteiger partial charge in [0.05, 0.1) is 22.1 Å². The molecule has 2 heteroatoms. The molecule has 0 saturated heterocycles. The third-order valence-electron chi connectivity index (χ3n) is 10.7. The molecule has 0 aliphatic heterocycles. The average Bonchev–Trinajstić information content (AvgIpc) is 3.71. The normalized spacial score (nSPS) is 12.0. The van der Waals surface area contributed by atoms with Gasteiger partial charge in [-0.3, -0.25) is 0 Å². The van der Waals surface area contributed by atoms with Gasteiger partial charge in [0.25, 0.3) is 0 Å². The Morgan fingerprint density at radius 2 is 0.740 bits per heavy atom. The Labute approximate surface area is 288 Å². The second-order valence-corrected chi connectivity index (χ2v) is 13.4. The lowest BCUT2D eigenvalue weighted by atomic mass is 10.00. The lowest BCUT2D eigenvalue weighted by Gasteiger charge is -2.11. The van der Waals surface area contributed by atoms with E-state index in [4.69, 9.17) is 0 Å². The SMILES string of the molecule is c1ccc2cc(-n3c4ccccc4c4cc(-c5ccc(-n6c7ccc8ccccc8c7c7c8ccccc8ccc76)cc5)ccc43)ccc2c1. The standard InChI is InChI=1S/C48H30N2/c1-2-12-35-29-38(25-19-31(35)9-1)50-43-16-8-7-15-41(43)42-30-36(22-26-44(42)50)32-17-23-37(24-18-32)49-45-27-20-33-10-3-5-13-39(33)47(45)48-40-14-6-4-11-34(40)21-28-46(48)49/h1-30H. The fourth-order valence-corrected chi connectivity index (χ4v) is 8.38. The molecule has 232 valence electrons. The summed E-state index contributed by atoms with van der Waals surface area (Å²) < 4.78 is 4.84. The predicted octanol–water partition coefficient (Wildman–Crippen LogP) is 13.0. The van der Waals surface area contributed by atoms with E-state index in [-0.39, 0.29) is 0 Å². The molecule has 0 bridgehead atoms. The average molecular weight is 635 g/mol. The summed E-state index contributed by atoms with van der Waals surface area (Å²) in [4.78, 5) is 0. The molecule has 0 saturated carbocycles. The van der Waals surface area contributed by atoms with Crippen molar-refractivity contribution in [1.29, 1.82) is 0 Å². The number of nitrogens with zero attached hydrogens (tertiary/aromatic N) is 2. The quantitative estimate of drug-likeness (QED) is 0.183. The number of benzene rings is 9. The van der Waals surface area contributed by atoms with Crippen LogP contribution in [0, 0.1) is 0 Å². The number of aromatic nitrogens is 2. The fourth-order valence-electron chi connectivity index (χ4n) is 8.38. The summed E-state index contributed by atoms with van der Waals surface area (Å²) in [6.45, 7) is 0. The Morgan fingerprint density at radius 1 is 0.260 bits per heavy atom. The van der Waals surface area contributed by atoms with Crippen LogP contribution in [0.1, 0.15) is 0 Å². The number of para-hydroxylation sites is 1. The Morgan fingerprint density at radius 3 is 1.44 bits per heavy atom. The number of hydrogen-bond donors (Lipinski definition) is 0. The summed E-state index contributed by atoms with van der Waals surface area (Å²) in [6.07, 6.45) is 0. The van der Waals surface area contributed by atoms with Crippen LogP contribution >= 0.6 is 0 Å². The monoisotopic (exact) mass is 634 g/mol. The van der Waals surface area contributed by atoms with Crippen LogP contribution in [0.5, 0.6) is 0 Å². The molecule has 0 amide bonds. The predicted molar refractivity (Wildman–Crippen MR) is 213 cm³/mol. The molecule has 2 aromatic heterocycles. The Bertz CT molecular complexity index is 3050. The van der Waals surface area contributed by atoms with Gasteiger partial charge in [-0.1, -0.05) is 127 Å². The van der Waals surface area contributed by atoms with Crippen molar-refractivity contribution in [3.63, 3.8) is 0 Å². The minimum Gasteiger partial charge on any atom is -0.309 e. The van der Waals surface area contributed by atoms with Crippen LogP contribution in [0.4, 0.5) is 0 Å². The molecule has 0 aliphatic carbocycles. The smallest absolute Gasteiger partial charge is 0.0547 e. The van der Waals surface area contributed by atoms with Crippen LogP contribution in [0.15, 0.2) is 182 Å². The van der Waals surface area contributed by atoms with Crippen molar-refractivity contribution in [3.05, 3.63) is 182 Å². The Balaban J connectivity index is 1.08. The molecule has 0 aliphatic rings. The van der Waals surface area contributed by atoms with Crippen molar-refractivity contribution in [3.8, 4) is 22.5 Å². The van der Waals surface area contributed by atoms with Gasteiger partial charge >= 0.3 is 0 Å². The Hall–Kier alpha value is -6.64. The zero-order valence-corrected chi connectivity index (χ0v) is 27.2. The molecule has 2 nitrogen and oxygen atoms in total. The van der Waals surface area contributed by atoms with Gasteiger partial charge in [-0.15, -0.1) is 0 Å². The van der Waals surface area contributed by atoms with Crippen molar-refractivity contribution >= 4 is 75.9 Å². The van der Waals surface area contributed by atoms with Crippen LogP contribution in [0.2, 0.25) is 0 Å². The molecule has 0 unspecified atom stereocenters. The van der Waals surface area contributed by atoms with Crippen molar-refractivity contribution < 1.29 is 0 Å². The molecule has 0 fully saturated rings. The van der Waals surface area contributed by atoms with Crippen LogP contribution in [0.25, 0.3) is 98.4 Å². The van der Waals surface area contributed by atoms with Crippen molar-refractivity contribution in [2.45, 2.75) is 0 Å². The van der Waals surface area contributed by atoms with Gasteiger partial charge in [-0.25, -0.2) is 0 Å². The maximum absolute atomic E-state index is 2.44. The van der Waals surface area contributed by atoms with E-state index in [1.54, 1.807) is 0 Å². The van der Waals surface area contributed by atoms with E-state index in [0.29, 0.717) is 0 Å². The molecule has 11 rings (SSSR count). The van der Waals surface area contributed by atoms with Crippen LogP contribution in [-0.4, -0.2) is 9.13 Å². The lowest BCUT2D eigenvalue weighted by molar-refractivity contribution is 1.18. The second-order valence-electron chi connectivity index (χ2n) is 13.4. The third kappa shape index (κ3) is 3.90. The summed E-state index contributed by atoms with van der Waals surface area (Å²) in [6, 6.07) is 66.8. The third-order valence-corrected chi connectivity index (χ3v) is 10.7. The maximum atomic E-state index is 2.44. The number of hydrogen-bond acceptors (Lipinski definition) is 0. The molecule has 0 radical (unpaired) electrons. The van der Waals surface area contributed by atoms with Gasteiger partial charge in [-0.05, 0) is 98.0 Å². The van der Waals surface area contributed by atoms with E-state index in [0.717, 1.165) is 5.69 Å². The first kappa shape index (κ1) is 27.3. The minimum absolute atomic E-state index is 1.16. The molecule has 0 spiro atoms. The minimum atomic E-state index is 1.16. The van der Waals surface area contributed by atoms with Gasteiger partial charge < -0.3 is 9.13 Å². The van der Waals surface area contributed by atoms with Crippen LogP contribution in [0.3, 0.4) is 0 Å². The van der Waals surface area contributed by atoms with Gasteiger partial charge in [0.1, 0.15) is 0 Å². The zero-order valence-electron chi connectivity index (χ0n) is 27.2. The van der Waals surface area contributed by atoms with Crippen molar-refractivity contribution in [2.24, 2.45) is 0 Å². The van der Waals surface area contributed by atoms with Crippen molar-refractivity contribution in [2.75, 3.05) is 0 Å². The molecule has 50 heavy (non-hydrogen) atoms. The molecule has 9 aromatic carbocycles. The highest BCUT2D eigenvalue weighted by Crippen LogP contribution is 2.41. The molecule has 2 heterocycles. The molecular weight excluding hydrogens is 605 g/mol. The molecule has 0 N–H and O–H groups in total. The van der Waals surface area contributed by atoms with Crippen LogP contribution < -0.4 is 0 Å². The fraction of sp³-hybridized carbons (Fsp3) is 0. The largest absolute Gasteiger partial charge is 0.309 e. The molecule has 11 aromatic rings. The summed E-state index contributed by atoms with van der Waals surface area (Å²) in [5.41, 5.74) is 9.64.